The minimum Gasteiger partial charge on any atom is -0.297 e. The molecule has 0 aromatic carbocycles. The third-order valence-corrected chi connectivity index (χ3v) is 1.18. The zero-order valence-electron chi connectivity index (χ0n) is 6.82. The molecule has 0 bridgehead atoms. The largest absolute Gasteiger partial charge is 0.297 e. The van der Waals surface area contributed by atoms with Crippen molar-refractivity contribution in [1.82, 2.24) is 5.06 Å². The van der Waals surface area contributed by atoms with Crippen molar-refractivity contribution in [2.45, 2.75) is 6.42 Å². The highest BCUT2D eigenvalue weighted by molar-refractivity contribution is 5.96. The van der Waals surface area contributed by atoms with E-state index in [1.54, 1.807) is 19.2 Å². The number of allylic oxidation sites excluding steroid dienone is 4. The summed E-state index contributed by atoms with van der Waals surface area (Å²) in [6, 6.07) is 0. The van der Waals surface area contributed by atoms with Crippen molar-refractivity contribution in [2.75, 3.05) is 14.1 Å². The third-order valence-electron chi connectivity index (χ3n) is 1.18. The summed E-state index contributed by atoms with van der Waals surface area (Å²) in [6.07, 6.45) is 8.77. The van der Waals surface area contributed by atoms with E-state index in [-0.39, 0.29) is 0 Å². The Morgan fingerprint density at radius 3 is 2.82 bits per heavy atom. The van der Waals surface area contributed by atoms with Gasteiger partial charge in [0.1, 0.15) is 0 Å². The van der Waals surface area contributed by atoms with Crippen LogP contribution in [-0.4, -0.2) is 24.9 Å². The highest BCUT2D eigenvalue weighted by Gasteiger charge is 1.95. The smallest absolute Gasteiger partial charge is 0.0860 e. The fourth-order valence-electron chi connectivity index (χ4n) is 0.704. The lowest BCUT2D eigenvalue weighted by molar-refractivity contribution is -0.118. The molecule has 3 nitrogen and oxygen atoms in total. The van der Waals surface area contributed by atoms with Crippen LogP contribution in [0.4, 0.5) is 0 Å². The van der Waals surface area contributed by atoms with Crippen LogP contribution in [0, 0.1) is 0 Å². The number of oxime groups is 1. The molecule has 11 heavy (non-hydrogen) atoms. The van der Waals surface area contributed by atoms with Crippen LogP contribution in [0.25, 0.3) is 0 Å². The Bertz CT molecular complexity index is 204. The molecule has 3 heteroatoms. The predicted molar refractivity (Wildman–Crippen MR) is 45.1 cm³/mol. The van der Waals surface area contributed by atoms with E-state index in [0.717, 1.165) is 12.1 Å². The van der Waals surface area contributed by atoms with E-state index in [2.05, 4.69) is 5.16 Å². The van der Waals surface area contributed by atoms with Crippen LogP contribution in [0.5, 0.6) is 0 Å². The van der Waals surface area contributed by atoms with E-state index in [4.69, 9.17) is 4.94 Å². The Kier molecular flexibility index (Phi) is 2.86. The molecule has 0 aromatic rings. The Morgan fingerprint density at radius 1 is 1.45 bits per heavy atom. The van der Waals surface area contributed by atoms with E-state index in [1.165, 1.54) is 0 Å². The summed E-state index contributed by atoms with van der Waals surface area (Å²) in [5, 5.41) is 5.44. The minimum atomic E-state index is 0.852. The quantitative estimate of drug-likeness (QED) is 0.558. The lowest BCUT2D eigenvalue weighted by Gasteiger charge is -2.06. The first-order chi connectivity index (χ1) is 5.29. The minimum absolute atomic E-state index is 0.852. The summed E-state index contributed by atoms with van der Waals surface area (Å²) in [5.74, 6) is 0. The predicted octanol–water partition coefficient (Wildman–Crippen LogP) is 1.35. The van der Waals surface area contributed by atoms with E-state index in [0.29, 0.717) is 0 Å². The van der Waals surface area contributed by atoms with Gasteiger partial charge in [-0.15, -0.1) is 5.06 Å². The fraction of sp³-hybridized carbons (Fsp3) is 0.375. The fourth-order valence-corrected chi connectivity index (χ4v) is 0.704. The van der Waals surface area contributed by atoms with Gasteiger partial charge in [-0.1, -0.05) is 23.4 Å². The summed E-state index contributed by atoms with van der Waals surface area (Å²) in [6.45, 7) is 0. The second kappa shape index (κ2) is 3.93. The molecule has 0 fully saturated rings. The Labute approximate surface area is 66.6 Å². The Morgan fingerprint density at radius 2 is 2.27 bits per heavy atom. The third kappa shape index (κ3) is 3.00. The van der Waals surface area contributed by atoms with Crippen molar-refractivity contribution >= 4 is 5.71 Å². The Hall–Kier alpha value is -1.09. The summed E-state index contributed by atoms with van der Waals surface area (Å²) >= 11 is 0. The van der Waals surface area contributed by atoms with E-state index < -0.39 is 0 Å². The summed E-state index contributed by atoms with van der Waals surface area (Å²) < 4.78 is 0. The monoisotopic (exact) mass is 152 g/mol. The lowest BCUT2D eigenvalue weighted by Crippen LogP contribution is -2.10. The molecule has 0 amide bonds. The molecule has 0 aliphatic heterocycles. The average Bonchev–Trinajstić information content (AvgIpc) is 2.03. The van der Waals surface area contributed by atoms with E-state index >= 15 is 0 Å². The molecule has 0 heterocycles. The maximum absolute atomic E-state index is 4.92. The van der Waals surface area contributed by atoms with Gasteiger partial charge >= 0.3 is 0 Å². The van der Waals surface area contributed by atoms with Crippen molar-refractivity contribution in [3.05, 3.63) is 24.3 Å². The van der Waals surface area contributed by atoms with Crippen molar-refractivity contribution in [1.29, 1.82) is 0 Å². The van der Waals surface area contributed by atoms with Gasteiger partial charge in [0.2, 0.25) is 0 Å². The van der Waals surface area contributed by atoms with Gasteiger partial charge < -0.3 is 0 Å². The molecule has 0 saturated carbocycles. The van der Waals surface area contributed by atoms with Crippen LogP contribution in [0.3, 0.4) is 0 Å². The molecule has 60 valence electrons. The number of hydroxylamine groups is 2. The summed E-state index contributed by atoms with van der Waals surface area (Å²) in [7, 11) is 3.60. The molecule has 0 unspecified atom stereocenters. The van der Waals surface area contributed by atoms with Gasteiger partial charge in [0.25, 0.3) is 0 Å². The molecule has 1 rings (SSSR count). The highest BCUT2D eigenvalue weighted by Crippen LogP contribution is 1.99. The normalized spacial score (nSPS) is 19.7. The van der Waals surface area contributed by atoms with Crippen LogP contribution < -0.4 is 0 Å². The number of rotatable bonds is 2. The highest BCUT2D eigenvalue weighted by atomic mass is 16.8. The molecular weight excluding hydrogens is 140 g/mol. The lowest BCUT2D eigenvalue weighted by atomic mass is 10.2. The van der Waals surface area contributed by atoms with Crippen LogP contribution in [-0.2, 0) is 4.94 Å². The number of hydrogen-bond donors (Lipinski definition) is 0. The van der Waals surface area contributed by atoms with Crippen molar-refractivity contribution in [3.63, 3.8) is 0 Å². The maximum Gasteiger partial charge on any atom is 0.0860 e. The zero-order chi connectivity index (χ0) is 8.10. The van der Waals surface area contributed by atoms with Gasteiger partial charge in [-0.3, -0.25) is 4.94 Å². The van der Waals surface area contributed by atoms with Crippen molar-refractivity contribution in [2.24, 2.45) is 5.16 Å². The van der Waals surface area contributed by atoms with Crippen LogP contribution in [0.15, 0.2) is 29.5 Å². The van der Waals surface area contributed by atoms with Crippen LogP contribution >= 0.6 is 0 Å². The first kappa shape index (κ1) is 8.01. The van der Waals surface area contributed by atoms with Gasteiger partial charge in [0.15, 0.2) is 0 Å². The second-order valence-electron chi connectivity index (χ2n) is 2.47. The van der Waals surface area contributed by atoms with Gasteiger partial charge in [-0.2, -0.15) is 0 Å². The molecule has 0 atom stereocenters. The summed E-state index contributed by atoms with van der Waals surface area (Å²) in [4.78, 5) is 4.92. The van der Waals surface area contributed by atoms with Gasteiger partial charge in [-0.25, -0.2) is 0 Å². The standard InChI is InChI=1S/C8H12N2O/c1-10(2)11-9-8-6-4-3-5-7-8/h3-6H,7H2,1-2H3. The topological polar surface area (TPSA) is 24.8 Å². The SMILES string of the molecule is CN(C)ON=C1C=CC=CC1. The van der Waals surface area contributed by atoms with Gasteiger partial charge in [-0.05, 0) is 6.08 Å². The van der Waals surface area contributed by atoms with Gasteiger partial charge in [0, 0.05) is 20.5 Å². The zero-order valence-corrected chi connectivity index (χ0v) is 6.82. The molecule has 1 aliphatic rings. The van der Waals surface area contributed by atoms with Gasteiger partial charge in [0.05, 0.1) is 5.71 Å². The maximum atomic E-state index is 4.92. The second-order valence-corrected chi connectivity index (χ2v) is 2.47. The van der Waals surface area contributed by atoms with Crippen molar-refractivity contribution < 1.29 is 4.94 Å². The molecule has 0 radical (unpaired) electrons. The number of nitrogens with zero attached hydrogens (tertiary/aromatic N) is 2. The van der Waals surface area contributed by atoms with Crippen molar-refractivity contribution in [3.8, 4) is 0 Å². The first-order valence-corrected chi connectivity index (χ1v) is 3.53. The molecule has 0 N–H and O–H groups in total. The first-order valence-electron chi connectivity index (χ1n) is 3.53. The molecule has 1 aliphatic carbocycles. The van der Waals surface area contributed by atoms with Crippen LogP contribution in [0.1, 0.15) is 6.42 Å². The molecule has 0 saturated heterocycles. The Balaban J connectivity index is 2.41. The molecule has 0 aromatic heterocycles. The van der Waals surface area contributed by atoms with E-state index in [1.807, 2.05) is 24.3 Å². The summed E-state index contributed by atoms with van der Waals surface area (Å²) in [5.41, 5.74) is 0.946. The molecular formula is C8H12N2O. The number of hydrogen-bond acceptors (Lipinski definition) is 3. The van der Waals surface area contributed by atoms with E-state index in [9.17, 15) is 0 Å². The van der Waals surface area contributed by atoms with Crippen LogP contribution in [0.2, 0.25) is 0 Å². The molecule has 0 spiro atoms. The average molecular weight is 152 g/mol.